The molecule has 1 amide bonds. The first-order valence-electron chi connectivity index (χ1n) is 5.75. The maximum Gasteiger partial charge on any atom is 0.220 e. The highest BCUT2D eigenvalue weighted by atomic mass is 79.9. The van der Waals surface area contributed by atoms with Gasteiger partial charge in [0.1, 0.15) is 0 Å². The van der Waals surface area contributed by atoms with Crippen LogP contribution in [0.5, 0.6) is 0 Å². The number of halogens is 1. The SMILES string of the molecule is O=C(CCCc1cccs1)NCCOCCBr. The molecule has 0 unspecified atom stereocenters. The van der Waals surface area contributed by atoms with E-state index in [1.807, 2.05) is 6.07 Å². The minimum Gasteiger partial charge on any atom is -0.379 e. The summed E-state index contributed by atoms with van der Waals surface area (Å²) in [5, 5.41) is 5.75. The lowest BCUT2D eigenvalue weighted by molar-refractivity contribution is -0.121. The zero-order valence-corrected chi connectivity index (χ0v) is 12.2. The standard InChI is InChI=1S/C12H18BrNO2S/c13-6-8-16-9-7-14-12(15)5-1-3-11-4-2-10-17-11/h2,4,10H,1,3,5-9H2,(H,14,15). The number of nitrogens with one attached hydrogen (secondary N) is 1. The van der Waals surface area contributed by atoms with Gasteiger partial charge in [-0.2, -0.15) is 0 Å². The molecule has 0 aromatic carbocycles. The molecule has 0 saturated carbocycles. The van der Waals surface area contributed by atoms with Crippen LogP contribution in [-0.2, 0) is 16.0 Å². The first-order chi connectivity index (χ1) is 8.33. The van der Waals surface area contributed by atoms with E-state index < -0.39 is 0 Å². The second-order valence-electron chi connectivity index (χ2n) is 3.58. The van der Waals surface area contributed by atoms with Gasteiger partial charge >= 0.3 is 0 Å². The molecule has 0 atom stereocenters. The van der Waals surface area contributed by atoms with Gasteiger partial charge in [-0.15, -0.1) is 11.3 Å². The fourth-order valence-electron chi connectivity index (χ4n) is 1.39. The highest BCUT2D eigenvalue weighted by Crippen LogP contribution is 2.11. The van der Waals surface area contributed by atoms with E-state index in [9.17, 15) is 4.79 Å². The molecule has 5 heteroatoms. The Morgan fingerprint density at radius 2 is 2.35 bits per heavy atom. The number of amides is 1. The highest BCUT2D eigenvalue weighted by molar-refractivity contribution is 9.09. The monoisotopic (exact) mass is 319 g/mol. The van der Waals surface area contributed by atoms with Crippen LogP contribution in [0.4, 0.5) is 0 Å². The molecule has 0 fully saturated rings. The van der Waals surface area contributed by atoms with Crippen LogP contribution in [0.2, 0.25) is 0 Å². The van der Waals surface area contributed by atoms with E-state index >= 15 is 0 Å². The van der Waals surface area contributed by atoms with Crippen LogP contribution in [-0.4, -0.2) is 31.0 Å². The van der Waals surface area contributed by atoms with Crippen LogP contribution in [0, 0.1) is 0 Å². The third-order valence-electron chi connectivity index (χ3n) is 2.20. The van der Waals surface area contributed by atoms with Crippen molar-refractivity contribution < 1.29 is 9.53 Å². The molecule has 96 valence electrons. The Balaban J connectivity index is 1.94. The fourth-order valence-corrected chi connectivity index (χ4v) is 2.37. The number of hydrogen-bond donors (Lipinski definition) is 1. The van der Waals surface area contributed by atoms with Crippen LogP contribution >= 0.6 is 27.3 Å². The number of hydrogen-bond acceptors (Lipinski definition) is 3. The average Bonchev–Trinajstić information content (AvgIpc) is 2.82. The van der Waals surface area contributed by atoms with Gasteiger partial charge in [0.05, 0.1) is 13.2 Å². The Kier molecular flexibility index (Phi) is 8.30. The van der Waals surface area contributed by atoms with Gasteiger partial charge in [-0.25, -0.2) is 0 Å². The molecule has 17 heavy (non-hydrogen) atoms. The predicted octanol–water partition coefficient (Wildman–Crippen LogP) is 2.60. The molecule has 1 rings (SSSR count). The van der Waals surface area contributed by atoms with Crippen molar-refractivity contribution in [3.8, 4) is 0 Å². The largest absolute Gasteiger partial charge is 0.379 e. The van der Waals surface area contributed by atoms with Crippen LogP contribution < -0.4 is 5.32 Å². The second-order valence-corrected chi connectivity index (χ2v) is 5.41. The first-order valence-corrected chi connectivity index (χ1v) is 7.76. The summed E-state index contributed by atoms with van der Waals surface area (Å²) in [7, 11) is 0. The maximum absolute atomic E-state index is 11.4. The van der Waals surface area contributed by atoms with E-state index in [1.54, 1.807) is 11.3 Å². The van der Waals surface area contributed by atoms with Crippen LogP contribution in [0.3, 0.4) is 0 Å². The number of carbonyl (C=O) groups excluding carboxylic acids is 1. The normalized spacial score (nSPS) is 10.4. The lowest BCUT2D eigenvalue weighted by Gasteiger charge is -2.05. The van der Waals surface area contributed by atoms with Crippen molar-refractivity contribution in [2.75, 3.05) is 25.1 Å². The van der Waals surface area contributed by atoms with Crippen LogP contribution in [0.15, 0.2) is 17.5 Å². The summed E-state index contributed by atoms with van der Waals surface area (Å²) in [4.78, 5) is 12.8. The van der Waals surface area contributed by atoms with Crippen molar-refractivity contribution in [2.24, 2.45) is 0 Å². The summed E-state index contributed by atoms with van der Waals surface area (Å²) in [6.07, 6.45) is 2.50. The molecule has 0 bridgehead atoms. The number of thiophene rings is 1. The molecular formula is C12H18BrNO2S. The topological polar surface area (TPSA) is 38.3 Å². The molecule has 1 N–H and O–H groups in total. The molecule has 0 aliphatic rings. The summed E-state index contributed by atoms with van der Waals surface area (Å²) in [6, 6.07) is 4.15. The smallest absolute Gasteiger partial charge is 0.220 e. The van der Waals surface area contributed by atoms with E-state index in [2.05, 4.69) is 32.7 Å². The van der Waals surface area contributed by atoms with Gasteiger partial charge in [-0.05, 0) is 24.3 Å². The molecule has 3 nitrogen and oxygen atoms in total. The van der Waals surface area contributed by atoms with Gasteiger partial charge in [-0.3, -0.25) is 4.79 Å². The molecule has 1 heterocycles. The summed E-state index contributed by atoms with van der Waals surface area (Å²) < 4.78 is 5.24. The third-order valence-corrected chi connectivity index (χ3v) is 3.46. The van der Waals surface area contributed by atoms with Gasteiger partial charge in [0.2, 0.25) is 5.91 Å². The van der Waals surface area contributed by atoms with Crippen LogP contribution in [0.1, 0.15) is 17.7 Å². The van der Waals surface area contributed by atoms with E-state index in [0.717, 1.165) is 18.2 Å². The highest BCUT2D eigenvalue weighted by Gasteiger charge is 2.01. The van der Waals surface area contributed by atoms with Crippen molar-refractivity contribution in [2.45, 2.75) is 19.3 Å². The van der Waals surface area contributed by atoms with Crippen molar-refractivity contribution in [1.82, 2.24) is 5.32 Å². The first kappa shape index (κ1) is 14.7. The van der Waals surface area contributed by atoms with E-state index in [4.69, 9.17) is 4.74 Å². The zero-order valence-electron chi connectivity index (χ0n) is 9.78. The van der Waals surface area contributed by atoms with Gasteiger partial charge in [-0.1, -0.05) is 22.0 Å². The number of aryl methyl sites for hydroxylation is 1. The summed E-state index contributed by atoms with van der Waals surface area (Å²) in [5.74, 6) is 0.115. The molecule has 0 aliphatic carbocycles. The maximum atomic E-state index is 11.4. The van der Waals surface area contributed by atoms with Crippen molar-refractivity contribution in [3.05, 3.63) is 22.4 Å². The summed E-state index contributed by atoms with van der Waals surface area (Å²) in [5.41, 5.74) is 0. The third kappa shape index (κ3) is 7.52. The molecule has 1 aromatic heterocycles. The molecular weight excluding hydrogens is 302 g/mol. The van der Waals surface area contributed by atoms with E-state index in [-0.39, 0.29) is 5.91 Å². The van der Waals surface area contributed by atoms with Crippen molar-refractivity contribution >= 4 is 33.2 Å². The quantitative estimate of drug-likeness (QED) is 0.561. The predicted molar refractivity (Wildman–Crippen MR) is 74.9 cm³/mol. The Bertz CT molecular complexity index is 303. The Morgan fingerprint density at radius 3 is 3.06 bits per heavy atom. The van der Waals surface area contributed by atoms with Gasteiger partial charge in [0, 0.05) is 23.2 Å². The van der Waals surface area contributed by atoms with Gasteiger partial charge in [0.25, 0.3) is 0 Å². The van der Waals surface area contributed by atoms with Crippen molar-refractivity contribution in [1.29, 1.82) is 0 Å². The van der Waals surface area contributed by atoms with Crippen LogP contribution in [0.25, 0.3) is 0 Å². The lowest BCUT2D eigenvalue weighted by Crippen LogP contribution is -2.27. The molecule has 0 spiro atoms. The average molecular weight is 320 g/mol. The Morgan fingerprint density at radius 1 is 1.47 bits per heavy atom. The zero-order chi connectivity index (χ0) is 12.3. The number of carbonyl (C=O) groups is 1. The fraction of sp³-hybridized carbons (Fsp3) is 0.583. The van der Waals surface area contributed by atoms with Crippen molar-refractivity contribution in [3.63, 3.8) is 0 Å². The number of rotatable bonds is 9. The Labute approximate surface area is 115 Å². The number of alkyl halides is 1. The minimum atomic E-state index is 0.115. The van der Waals surface area contributed by atoms with E-state index in [0.29, 0.717) is 26.2 Å². The molecule has 0 aliphatic heterocycles. The van der Waals surface area contributed by atoms with Gasteiger partial charge < -0.3 is 10.1 Å². The number of ether oxygens (including phenoxy) is 1. The molecule has 1 aromatic rings. The summed E-state index contributed by atoms with van der Waals surface area (Å²) in [6.45, 7) is 1.88. The minimum absolute atomic E-state index is 0.115. The second kappa shape index (κ2) is 9.62. The lowest BCUT2D eigenvalue weighted by atomic mass is 10.2. The molecule has 0 saturated heterocycles. The molecule has 0 radical (unpaired) electrons. The Hall–Kier alpha value is -0.390. The van der Waals surface area contributed by atoms with E-state index in [1.165, 1.54) is 4.88 Å². The summed E-state index contributed by atoms with van der Waals surface area (Å²) >= 11 is 5.02. The van der Waals surface area contributed by atoms with Gasteiger partial charge in [0.15, 0.2) is 0 Å².